The Morgan fingerprint density at radius 1 is 1.00 bits per heavy atom. The lowest BCUT2D eigenvalue weighted by Gasteiger charge is -2.29. The second-order valence-corrected chi connectivity index (χ2v) is 6.38. The average Bonchev–Trinajstić information content (AvgIpc) is 2.52. The minimum absolute atomic E-state index is 0.975. The van der Waals surface area contributed by atoms with Gasteiger partial charge in [0.05, 0.1) is 0 Å². The number of hydrogen-bond acceptors (Lipinski definition) is 1. The monoisotopic (exact) mass is 290 g/mol. The Morgan fingerprint density at radius 2 is 1.82 bits per heavy atom. The van der Waals surface area contributed by atoms with Crippen LogP contribution in [0.4, 0.5) is 0 Å². The molecule has 0 fully saturated rings. The van der Waals surface area contributed by atoms with Gasteiger partial charge in [-0.15, -0.1) is 0 Å². The molecule has 2 heteroatoms. The van der Waals surface area contributed by atoms with E-state index in [1.807, 2.05) is 0 Å². The maximum absolute atomic E-state index is 6.28. The number of hydrogen-bond donors (Lipinski definition) is 0. The van der Waals surface area contributed by atoms with Crippen LogP contribution in [0.15, 0.2) is 58.9 Å². The zero-order chi connectivity index (χ0) is 15.3. The number of benzene rings is 1. The summed E-state index contributed by atoms with van der Waals surface area (Å²) in [7, 11) is 4.16. The van der Waals surface area contributed by atoms with Gasteiger partial charge >= 0.3 is 0 Å². The normalized spacial score (nSPS) is 18.8. The fourth-order valence-corrected chi connectivity index (χ4v) is 3.25. The molecular formula is C20H20NO+. The Bertz CT molecular complexity index is 827. The van der Waals surface area contributed by atoms with Crippen molar-refractivity contribution in [3.8, 4) is 5.75 Å². The highest BCUT2D eigenvalue weighted by Crippen LogP contribution is 2.42. The third-order valence-corrected chi connectivity index (χ3v) is 4.52. The smallest absolute Gasteiger partial charge is 0.199 e. The van der Waals surface area contributed by atoms with Gasteiger partial charge in [-0.1, -0.05) is 12.1 Å². The van der Waals surface area contributed by atoms with E-state index < -0.39 is 0 Å². The number of ether oxygens (including phenoxy) is 1. The van der Waals surface area contributed by atoms with Crippen LogP contribution in [0.2, 0.25) is 0 Å². The molecule has 0 saturated carbocycles. The summed E-state index contributed by atoms with van der Waals surface area (Å²) in [5.41, 5.74) is 7.62. The lowest BCUT2D eigenvalue weighted by Crippen LogP contribution is -2.18. The summed E-state index contributed by atoms with van der Waals surface area (Å²) >= 11 is 0. The van der Waals surface area contributed by atoms with Crippen molar-refractivity contribution in [1.29, 1.82) is 0 Å². The first-order chi connectivity index (χ1) is 10.6. The topological polar surface area (TPSA) is 12.2 Å². The number of nitrogens with zero attached hydrogens (tertiary/aromatic N) is 1. The van der Waals surface area contributed by atoms with Crippen molar-refractivity contribution >= 4 is 11.8 Å². The number of rotatable bonds is 0. The molecule has 0 bridgehead atoms. The highest BCUT2D eigenvalue weighted by Gasteiger charge is 2.28. The van der Waals surface area contributed by atoms with Gasteiger partial charge in [-0.25, -0.2) is 4.58 Å². The number of allylic oxidation sites excluding steroid dienone is 6. The van der Waals surface area contributed by atoms with Crippen LogP contribution in [-0.2, 0) is 0 Å². The molecule has 2 aliphatic carbocycles. The van der Waals surface area contributed by atoms with E-state index in [1.165, 1.54) is 33.6 Å². The standard InChI is InChI=1S/C20H20NO/c1-13-4-5-15-11-16-7-6-14-12-17(21(2)3)8-9-18(14)20(16)22-19(15)10-13/h4-5,8-12H,6-7H2,1-3H3/q+1. The summed E-state index contributed by atoms with van der Waals surface area (Å²) in [6.07, 6.45) is 11.1. The minimum atomic E-state index is 0.975. The lowest BCUT2D eigenvalue weighted by atomic mass is 9.83. The third-order valence-electron chi connectivity index (χ3n) is 4.52. The van der Waals surface area contributed by atoms with Crippen LogP contribution in [0.5, 0.6) is 5.75 Å². The number of aryl methyl sites for hydroxylation is 1. The molecule has 2 nitrogen and oxygen atoms in total. The SMILES string of the molecule is Cc1ccc2c(c1)OC1=C3C=CC(=[N+](C)C)C=C3CCC1=C2. The van der Waals surface area contributed by atoms with Crippen LogP contribution < -0.4 is 4.74 Å². The Morgan fingerprint density at radius 3 is 2.64 bits per heavy atom. The van der Waals surface area contributed by atoms with Gasteiger partial charge in [-0.05, 0) is 54.7 Å². The quantitative estimate of drug-likeness (QED) is 0.657. The van der Waals surface area contributed by atoms with E-state index in [4.69, 9.17) is 4.74 Å². The van der Waals surface area contributed by atoms with E-state index in [1.54, 1.807) is 0 Å². The van der Waals surface area contributed by atoms with Crippen molar-refractivity contribution in [2.75, 3.05) is 14.1 Å². The van der Waals surface area contributed by atoms with E-state index in [0.717, 1.165) is 24.4 Å². The van der Waals surface area contributed by atoms with E-state index >= 15 is 0 Å². The van der Waals surface area contributed by atoms with Crippen LogP contribution in [0.3, 0.4) is 0 Å². The number of fused-ring (bicyclic) bond motifs is 3. The predicted molar refractivity (Wildman–Crippen MR) is 90.4 cm³/mol. The molecule has 0 amide bonds. The fourth-order valence-electron chi connectivity index (χ4n) is 3.25. The molecule has 1 heterocycles. The average molecular weight is 290 g/mol. The van der Waals surface area contributed by atoms with Gasteiger partial charge in [0.1, 0.15) is 25.6 Å². The van der Waals surface area contributed by atoms with Crippen molar-refractivity contribution in [3.05, 3.63) is 70.0 Å². The highest BCUT2D eigenvalue weighted by molar-refractivity contribution is 6.03. The van der Waals surface area contributed by atoms with Crippen LogP contribution in [0, 0.1) is 6.92 Å². The zero-order valence-corrected chi connectivity index (χ0v) is 13.3. The van der Waals surface area contributed by atoms with E-state index in [9.17, 15) is 0 Å². The molecule has 0 atom stereocenters. The van der Waals surface area contributed by atoms with Crippen molar-refractivity contribution in [2.45, 2.75) is 19.8 Å². The Kier molecular flexibility index (Phi) is 2.93. The molecule has 1 aromatic rings. The van der Waals surface area contributed by atoms with Gasteiger partial charge < -0.3 is 4.74 Å². The first-order valence-corrected chi connectivity index (χ1v) is 7.79. The molecule has 0 spiro atoms. The van der Waals surface area contributed by atoms with Gasteiger partial charge in [-0.2, -0.15) is 0 Å². The van der Waals surface area contributed by atoms with Crippen LogP contribution in [0.25, 0.3) is 6.08 Å². The predicted octanol–water partition coefficient (Wildman–Crippen LogP) is 4.03. The molecule has 1 aromatic carbocycles. The van der Waals surface area contributed by atoms with Gasteiger partial charge in [0, 0.05) is 23.3 Å². The summed E-state index contributed by atoms with van der Waals surface area (Å²) in [6, 6.07) is 6.42. The Hall–Kier alpha value is -2.35. The fraction of sp³-hybridized carbons (Fsp3) is 0.250. The van der Waals surface area contributed by atoms with Crippen LogP contribution >= 0.6 is 0 Å². The molecule has 110 valence electrons. The summed E-state index contributed by atoms with van der Waals surface area (Å²) in [4.78, 5) is 0. The van der Waals surface area contributed by atoms with Crippen molar-refractivity contribution in [3.63, 3.8) is 0 Å². The van der Waals surface area contributed by atoms with E-state index in [-0.39, 0.29) is 0 Å². The molecule has 0 saturated heterocycles. The van der Waals surface area contributed by atoms with Crippen LogP contribution in [-0.4, -0.2) is 24.4 Å². The van der Waals surface area contributed by atoms with Gasteiger partial charge in [0.15, 0.2) is 5.71 Å². The molecule has 0 aromatic heterocycles. The summed E-state index contributed by atoms with van der Waals surface area (Å²) in [6.45, 7) is 2.10. The maximum Gasteiger partial charge on any atom is 0.199 e. The Labute approximate surface area is 131 Å². The second-order valence-electron chi connectivity index (χ2n) is 6.38. The van der Waals surface area contributed by atoms with Crippen LogP contribution in [0.1, 0.15) is 24.0 Å². The summed E-state index contributed by atoms with van der Waals surface area (Å²) < 4.78 is 8.43. The molecule has 0 N–H and O–H groups in total. The molecule has 1 aliphatic heterocycles. The van der Waals surface area contributed by atoms with Gasteiger partial charge in [-0.3, -0.25) is 0 Å². The van der Waals surface area contributed by atoms with Crippen molar-refractivity contribution in [2.24, 2.45) is 0 Å². The van der Waals surface area contributed by atoms with E-state index in [2.05, 4.69) is 68.1 Å². The van der Waals surface area contributed by atoms with E-state index in [0.29, 0.717) is 0 Å². The molecule has 4 rings (SSSR count). The molecule has 3 aliphatic rings. The minimum Gasteiger partial charge on any atom is -0.456 e. The van der Waals surface area contributed by atoms with Gasteiger partial charge in [0.2, 0.25) is 0 Å². The molecule has 0 radical (unpaired) electrons. The second kappa shape index (κ2) is 4.84. The van der Waals surface area contributed by atoms with Crippen molar-refractivity contribution in [1.82, 2.24) is 0 Å². The first-order valence-electron chi connectivity index (χ1n) is 7.79. The first kappa shape index (κ1) is 13.3. The largest absolute Gasteiger partial charge is 0.456 e. The molecule has 0 unspecified atom stereocenters. The summed E-state index contributed by atoms with van der Waals surface area (Å²) in [5.74, 6) is 2.02. The van der Waals surface area contributed by atoms with Crippen molar-refractivity contribution < 1.29 is 9.31 Å². The summed E-state index contributed by atoms with van der Waals surface area (Å²) in [5, 5.41) is 0. The third kappa shape index (κ3) is 2.07. The molecular weight excluding hydrogens is 270 g/mol. The van der Waals surface area contributed by atoms with Gasteiger partial charge in [0.25, 0.3) is 0 Å². The zero-order valence-electron chi connectivity index (χ0n) is 13.3. The lowest BCUT2D eigenvalue weighted by molar-refractivity contribution is -0.462. The molecule has 22 heavy (non-hydrogen) atoms. The maximum atomic E-state index is 6.28. The highest BCUT2D eigenvalue weighted by atomic mass is 16.5. The Balaban J connectivity index is 1.85.